The molecule has 0 aliphatic heterocycles. The first kappa shape index (κ1) is 23.7. The second-order valence-corrected chi connectivity index (χ2v) is 11.1. The van der Waals surface area contributed by atoms with Gasteiger partial charge in [0.1, 0.15) is 17.1 Å². The van der Waals surface area contributed by atoms with Crippen molar-refractivity contribution in [3.8, 4) is 0 Å². The van der Waals surface area contributed by atoms with Crippen molar-refractivity contribution in [2.24, 2.45) is 11.8 Å². The van der Waals surface area contributed by atoms with Gasteiger partial charge in [0.15, 0.2) is 5.69 Å². The Morgan fingerprint density at radius 3 is 2.43 bits per heavy atom. The van der Waals surface area contributed by atoms with Gasteiger partial charge in [-0.3, -0.25) is 9.78 Å². The van der Waals surface area contributed by atoms with Gasteiger partial charge in [-0.15, -0.1) is 0 Å². The Labute approximate surface area is 207 Å². The van der Waals surface area contributed by atoms with E-state index in [0.717, 1.165) is 51.0 Å². The molecule has 4 bridgehead atoms. The van der Waals surface area contributed by atoms with Gasteiger partial charge in [-0.1, -0.05) is 12.1 Å². The van der Waals surface area contributed by atoms with Crippen LogP contribution in [0, 0.1) is 11.8 Å². The lowest BCUT2D eigenvalue weighted by molar-refractivity contribution is -0.144. The van der Waals surface area contributed by atoms with E-state index in [-0.39, 0.29) is 17.4 Å². The lowest BCUT2D eigenvalue weighted by Gasteiger charge is -2.61. The summed E-state index contributed by atoms with van der Waals surface area (Å²) in [4.78, 5) is 39.3. The number of anilines is 1. The molecule has 1 amide bonds. The van der Waals surface area contributed by atoms with Crippen LogP contribution in [-0.2, 0) is 4.74 Å². The molecule has 1 N–H and O–H groups in total. The lowest BCUT2D eigenvalue weighted by atomic mass is 9.51. The van der Waals surface area contributed by atoms with Gasteiger partial charge in [-0.25, -0.2) is 9.78 Å². The zero-order chi connectivity index (χ0) is 24.6. The van der Waals surface area contributed by atoms with E-state index in [1.54, 1.807) is 24.4 Å². The number of hydrogen-bond donors (Lipinski definition) is 1. The summed E-state index contributed by atoms with van der Waals surface area (Å²) >= 11 is 0. The third-order valence-electron chi connectivity index (χ3n) is 7.81. The summed E-state index contributed by atoms with van der Waals surface area (Å²) in [6.45, 7) is 1.70. The maximum atomic E-state index is 13.3. The Bertz CT molecular complexity index is 1080. The predicted molar refractivity (Wildman–Crippen MR) is 133 cm³/mol. The molecule has 4 saturated carbocycles. The highest BCUT2D eigenvalue weighted by molar-refractivity contribution is 5.92. The first-order valence-corrected chi connectivity index (χ1v) is 12.5. The molecular formula is C27H35N5O3. The van der Waals surface area contributed by atoms with Crippen molar-refractivity contribution in [2.45, 2.75) is 49.7 Å². The monoisotopic (exact) mass is 477 g/mol. The first-order chi connectivity index (χ1) is 16.7. The minimum absolute atomic E-state index is 0.149. The highest BCUT2D eigenvalue weighted by atomic mass is 16.6. The van der Waals surface area contributed by atoms with Gasteiger partial charge < -0.3 is 19.9 Å². The zero-order valence-electron chi connectivity index (χ0n) is 20.9. The molecule has 2 atom stereocenters. The standard InChI is InChI=1S/C27H35N5O3/c1-31(2)11-12-32(3)23-9-6-8-22(29-23)25(34)35-27-16-19-13-20(17-27)15-26(14-19,18-27)30-24(33)21-7-4-5-10-28-21/h4-10,19-20H,11-18H2,1-3H3,(H,30,33). The molecule has 0 aromatic carbocycles. The summed E-state index contributed by atoms with van der Waals surface area (Å²) in [5, 5.41) is 3.31. The van der Waals surface area contributed by atoms with Crippen molar-refractivity contribution in [3.63, 3.8) is 0 Å². The SMILES string of the molecule is CN(C)CCN(C)c1cccc(C(=O)OC23CC4CC(CC(NC(=O)c5ccccn5)(C4)C2)C3)n1. The molecule has 0 saturated heterocycles. The fourth-order valence-electron chi connectivity index (χ4n) is 6.71. The number of carbonyl (C=O) groups is 2. The van der Waals surface area contributed by atoms with Gasteiger partial charge in [0.25, 0.3) is 5.91 Å². The van der Waals surface area contributed by atoms with Crippen LogP contribution in [0.4, 0.5) is 5.82 Å². The van der Waals surface area contributed by atoms with Crippen LogP contribution in [0.15, 0.2) is 42.6 Å². The number of hydrogen-bond acceptors (Lipinski definition) is 7. The van der Waals surface area contributed by atoms with Crippen LogP contribution < -0.4 is 10.2 Å². The first-order valence-electron chi connectivity index (χ1n) is 12.5. The number of aromatic nitrogens is 2. The summed E-state index contributed by atoms with van der Waals surface area (Å²) in [5.74, 6) is 1.13. The van der Waals surface area contributed by atoms with Crippen molar-refractivity contribution in [1.82, 2.24) is 20.2 Å². The highest BCUT2D eigenvalue weighted by Gasteiger charge is 2.60. The van der Waals surface area contributed by atoms with E-state index in [4.69, 9.17) is 4.74 Å². The molecule has 6 rings (SSSR count). The second-order valence-electron chi connectivity index (χ2n) is 11.1. The molecule has 4 aliphatic rings. The van der Waals surface area contributed by atoms with Gasteiger partial charge in [-0.05, 0) is 82.3 Å². The largest absolute Gasteiger partial charge is 0.454 e. The molecule has 2 unspecified atom stereocenters. The smallest absolute Gasteiger partial charge is 0.357 e. The second kappa shape index (κ2) is 9.22. The normalized spacial score (nSPS) is 28.7. The summed E-state index contributed by atoms with van der Waals surface area (Å²) < 4.78 is 6.29. The topological polar surface area (TPSA) is 87.7 Å². The van der Waals surface area contributed by atoms with E-state index in [1.807, 2.05) is 44.2 Å². The molecule has 2 aromatic rings. The van der Waals surface area contributed by atoms with Crippen molar-refractivity contribution in [1.29, 1.82) is 0 Å². The lowest BCUT2D eigenvalue weighted by Crippen LogP contribution is -2.66. The third kappa shape index (κ3) is 5.03. The summed E-state index contributed by atoms with van der Waals surface area (Å²) in [6.07, 6.45) is 7.02. The highest BCUT2D eigenvalue weighted by Crippen LogP contribution is 2.59. The fourth-order valence-corrected chi connectivity index (χ4v) is 6.71. The van der Waals surface area contributed by atoms with E-state index < -0.39 is 5.60 Å². The van der Waals surface area contributed by atoms with E-state index in [0.29, 0.717) is 29.6 Å². The molecular weight excluding hydrogens is 442 g/mol. The van der Waals surface area contributed by atoms with Gasteiger partial charge in [0.05, 0.1) is 0 Å². The molecule has 4 fully saturated rings. The molecule has 2 aromatic heterocycles. The van der Waals surface area contributed by atoms with Crippen LogP contribution in [0.1, 0.15) is 59.5 Å². The van der Waals surface area contributed by atoms with Crippen molar-refractivity contribution in [2.75, 3.05) is 39.1 Å². The van der Waals surface area contributed by atoms with Crippen molar-refractivity contribution < 1.29 is 14.3 Å². The summed E-state index contributed by atoms with van der Waals surface area (Å²) in [5.41, 5.74) is -0.136. The molecule has 2 heterocycles. The number of likely N-dealkylation sites (N-methyl/N-ethyl adjacent to an activating group) is 2. The van der Waals surface area contributed by atoms with Crippen LogP contribution in [0.25, 0.3) is 0 Å². The minimum atomic E-state index is -0.549. The fraction of sp³-hybridized carbons (Fsp3) is 0.556. The van der Waals surface area contributed by atoms with Gasteiger partial charge in [0, 0.05) is 38.3 Å². The van der Waals surface area contributed by atoms with Gasteiger partial charge in [0.2, 0.25) is 0 Å². The Morgan fingerprint density at radius 1 is 1.00 bits per heavy atom. The number of nitrogens with zero attached hydrogens (tertiary/aromatic N) is 4. The van der Waals surface area contributed by atoms with E-state index in [9.17, 15) is 9.59 Å². The van der Waals surface area contributed by atoms with Crippen molar-refractivity contribution in [3.05, 3.63) is 54.0 Å². The number of nitrogens with one attached hydrogen (secondary N) is 1. The van der Waals surface area contributed by atoms with E-state index >= 15 is 0 Å². The third-order valence-corrected chi connectivity index (χ3v) is 7.81. The van der Waals surface area contributed by atoms with Crippen LogP contribution >= 0.6 is 0 Å². The summed E-state index contributed by atoms with van der Waals surface area (Å²) in [6, 6.07) is 10.9. The Balaban J connectivity index is 1.31. The molecule has 35 heavy (non-hydrogen) atoms. The molecule has 4 aliphatic carbocycles. The van der Waals surface area contributed by atoms with Gasteiger partial charge in [-0.2, -0.15) is 0 Å². The maximum Gasteiger partial charge on any atom is 0.357 e. The number of rotatable bonds is 8. The molecule has 8 nitrogen and oxygen atoms in total. The minimum Gasteiger partial charge on any atom is -0.454 e. The quantitative estimate of drug-likeness (QED) is 0.585. The average molecular weight is 478 g/mol. The maximum absolute atomic E-state index is 13.3. The zero-order valence-corrected chi connectivity index (χ0v) is 20.9. The number of esters is 1. The average Bonchev–Trinajstić information content (AvgIpc) is 2.81. The Morgan fingerprint density at radius 2 is 1.74 bits per heavy atom. The summed E-state index contributed by atoms with van der Waals surface area (Å²) in [7, 11) is 6.05. The number of amides is 1. The van der Waals surface area contributed by atoms with E-state index in [1.165, 1.54) is 0 Å². The van der Waals surface area contributed by atoms with Crippen LogP contribution in [0.5, 0.6) is 0 Å². The Kier molecular flexibility index (Phi) is 6.25. The number of carbonyl (C=O) groups excluding carboxylic acids is 2. The van der Waals surface area contributed by atoms with Crippen LogP contribution in [-0.4, -0.2) is 72.1 Å². The molecule has 0 radical (unpaired) electrons. The molecule has 0 spiro atoms. The Hall–Kier alpha value is -3.00. The molecule has 8 heteroatoms. The molecule has 186 valence electrons. The number of ether oxygens (including phenoxy) is 1. The van der Waals surface area contributed by atoms with Gasteiger partial charge >= 0.3 is 5.97 Å². The number of pyridine rings is 2. The van der Waals surface area contributed by atoms with Crippen LogP contribution in [0.2, 0.25) is 0 Å². The van der Waals surface area contributed by atoms with E-state index in [2.05, 4.69) is 20.2 Å². The predicted octanol–water partition coefficient (Wildman–Crippen LogP) is 3.15. The van der Waals surface area contributed by atoms with Crippen molar-refractivity contribution >= 4 is 17.7 Å². The van der Waals surface area contributed by atoms with Crippen LogP contribution in [0.3, 0.4) is 0 Å².